The van der Waals surface area contributed by atoms with Crippen molar-refractivity contribution in [1.29, 1.82) is 5.26 Å². The van der Waals surface area contributed by atoms with Crippen LogP contribution < -0.4 is 0 Å². The van der Waals surface area contributed by atoms with Gasteiger partial charge in [-0.15, -0.1) is 0 Å². The highest BCUT2D eigenvalue weighted by Crippen LogP contribution is 2.49. The summed E-state index contributed by atoms with van der Waals surface area (Å²) in [5.74, 6) is 0.567. The highest BCUT2D eigenvalue weighted by molar-refractivity contribution is 6.39. The Labute approximate surface area is 325 Å². The molecule has 12 aromatic rings. The molecule has 0 aliphatic carbocycles. The van der Waals surface area contributed by atoms with Gasteiger partial charge in [-0.2, -0.15) is 5.26 Å². The van der Waals surface area contributed by atoms with E-state index < -0.39 is 0 Å². The molecule has 0 bridgehead atoms. The number of nitrogens with zero attached hydrogens (tertiary/aromatic N) is 5. The molecule has 0 saturated heterocycles. The number of aromatic nitrogens is 4. The SMILES string of the molecule is N#Cc1cc(-c2nc(-c3ccccc3)c3ccccc3n2)ccc1-n1c2ccccc2c2c3c4ccccc4oc3c3c(c4ccccc4n3-c3ccccc3)c21. The van der Waals surface area contributed by atoms with Crippen LogP contribution in [-0.4, -0.2) is 19.1 Å². The molecule has 6 heteroatoms. The van der Waals surface area contributed by atoms with E-state index in [4.69, 9.17) is 14.4 Å². The molecule has 0 saturated carbocycles. The molecule has 0 radical (unpaired) electrons. The van der Waals surface area contributed by atoms with Gasteiger partial charge in [-0.05, 0) is 54.6 Å². The van der Waals surface area contributed by atoms with E-state index in [1.54, 1.807) is 0 Å². The molecule has 57 heavy (non-hydrogen) atoms. The zero-order chi connectivity index (χ0) is 37.6. The van der Waals surface area contributed by atoms with Crippen LogP contribution in [0.5, 0.6) is 0 Å². The highest BCUT2D eigenvalue weighted by atomic mass is 16.3. The molecule has 0 fully saturated rings. The fourth-order valence-electron chi connectivity index (χ4n) is 8.96. The van der Waals surface area contributed by atoms with E-state index in [0.717, 1.165) is 105 Å². The van der Waals surface area contributed by atoms with E-state index in [1.807, 2.05) is 66.7 Å². The average molecular weight is 728 g/mol. The third kappa shape index (κ3) is 4.45. The molecule has 4 heterocycles. The van der Waals surface area contributed by atoms with Crippen LogP contribution in [0.4, 0.5) is 0 Å². The number of fused-ring (bicyclic) bond motifs is 13. The molecular weight excluding hydrogens is 699 g/mol. The summed E-state index contributed by atoms with van der Waals surface area (Å²) in [7, 11) is 0. The van der Waals surface area contributed by atoms with Crippen LogP contribution in [0.15, 0.2) is 180 Å². The van der Waals surface area contributed by atoms with Gasteiger partial charge in [0.15, 0.2) is 11.4 Å². The number of benzene rings is 8. The van der Waals surface area contributed by atoms with Gasteiger partial charge in [0.05, 0.1) is 44.5 Å². The Morgan fingerprint density at radius 1 is 0.491 bits per heavy atom. The summed E-state index contributed by atoms with van der Waals surface area (Å²) >= 11 is 0. The lowest BCUT2D eigenvalue weighted by Gasteiger charge is -2.14. The first-order valence-electron chi connectivity index (χ1n) is 19.0. The molecule has 6 nitrogen and oxygen atoms in total. The molecular formula is C51H29N5O. The van der Waals surface area contributed by atoms with Gasteiger partial charge in [0.2, 0.25) is 0 Å². The molecule has 0 spiro atoms. The van der Waals surface area contributed by atoms with Gasteiger partial charge in [0, 0.05) is 54.5 Å². The summed E-state index contributed by atoms with van der Waals surface area (Å²) in [6.45, 7) is 0. The Balaban J connectivity index is 1.22. The number of para-hydroxylation sites is 5. The van der Waals surface area contributed by atoms with Crippen molar-refractivity contribution in [1.82, 2.24) is 19.1 Å². The van der Waals surface area contributed by atoms with Crippen LogP contribution in [0.2, 0.25) is 0 Å². The summed E-state index contributed by atoms with van der Waals surface area (Å²) in [5.41, 5.74) is 11.6. The maximum absolute atomic E-state index is 11.0. The highest BCUT2D eigenvalue weighted by Gasteiger charge is 2.28. The van der Waals surface area contributed by atoms with Crippen LogP contribution in [0.1, 0.15) is 5.56 Å². The van der Waals surface area contributed by atoms with E-state index >= 15 is 0 Å². The zero-order valence-corrected chi connectivity index (χ0v) is 30.4. The summed E-state index contributed by atoms with van der Waals surface area (Å²) in [6, 6.07) is 62.7. The van der Waals surface area contributed by atoms with Gasteiger partial charge < -0.3 is 13.6 Å². The second-order valence-corrected chi connectivity index (χ2v) is 14.4. The van der Waals surface area contributed by atoms with Crippen molar-refractivity contribution < 1.29 is 4.42 Å². The first-order chi connectivity index (χ1) is 28.3. The number of nitriles is 1. The molecule has 0 amide bonds. The molecule has 8 aromatic carbocycles. The van der Waals surface area contributed by atoms with E-state index in [1.165, 1.54) is 0 Å². The summed E-state index contributed by atoms with van der Waals surface area (Å²) < 4.78 is 11.5. The standard InChI is InChI=1S/C51H29N5O/c52-30-33-29-32(51-53-39-23-11-7-19-35(39)47(54-51)31-15-3-1-4-16-31)27-28-40(33)56-42-25-13-8-20-36(42)44-45-38-22-10-14-26-43(38)57-50(45)49-46(48(44)56)37-21-9-12-24-41(37)55(49)34-17-5-2-6-18-34/h1-29H. The molecule has 0 N–H and O–H groups in total. The normalized spacial score (nSPS) is 11.8. The minimum absolute atomic E-state index is 0.519. The van der Waals surface area contributed by atoms with Gasteiger partial charge in [0.1, 0.15) is 11.7 Å². The Morgan fingerprint density at radius 2 is 1.12 bits per heavy atom. The number of hydrogen-bond donors (Lipinski definition) is 0. The zero-order valence-electron chi connectivity index (χ0n) is 30.4. The van der Waals surface area contributed by atoms with Crippen LogP contribution in [0.3, 0.4) is 0 Å². The number of furan rings is 1. The van der Waals surface area contributed by atoms with Crippen molar-refractivity contribution >= 4 is 76.5 Å². The van der Waals surface area contributed by atoms with E-state index in [2.05, 4.69) is 124 Å². The summed E-state index contributed by atoms with van der Waals surface area (Å²) in [5, 5.41) is 18.4. The summed E-state index contributed by atoms with van der Waals surface area (Å²) in [4.78, 5) is 10.2. The fraction of sp³-hybridized carbons (Fsp3) is 0. The summed E-state index contributed by atoms with van der Waals surface area (Å²) in [6.07, 6.45) is 0. The lowest BCUT2D eigenvalue weighted by Crippen LogP contribution is -2.00. The largest absolute Gasteiger partial charge is 0.454 e. The Morgan fingerprint density at radius 3 is 1.89 bits per heavy atom. The van der Waals surface area contributed by atoms with Gasteiger partial charge >= 0.3 is 0 Å². The average Bonchev–Trinajstić information content (AvgIpc) is 3.94. The number of rotatable bonds is 4. The van der Waals surface area contributed by atoms with Gasteiger partial charge in [-0.1, -0.05) is 121 Å². The third-order valence-corrected chi connectivity index (χ3v) is 11.3. The van der Waals surface area contributed by atoms with Crippen LogP contribution in [0.25, 0.3) is 110 Å². The maximum Gasteiger partial charge on any atom is 0.160 e. The lowest BCUT2D eigenvalue weighted by molar-refractivity contribution is 0.671. The lowest BCUT2D eigenvalue weighted by atomic mass is 10.0. The van der Waals surface area contributed by atoms with Gasteiger partial charge in [-0.3, -0.25) is 0 Å². The predicted octanol–water partition coefficient (Wildman–Crippen LogP) is 12.9. The van der Waals surface area contributed by atoms with Crippen molar-refractivity contribution in [2.24, 2.45) is 0 Å². The molecule has 264 valence electrons. The van der Waals surface area contributed by atoms with Gasteiger partial charge in [0.25, 0.3) is 0 Å². The molecule has 0 aliphatic heterocycles. The Bertz CT molecular complexity index is 3640. The Kier molecular flexibility index (Phi) is 6.60. The van der Waals surface area contributed by atoms with Crippen molar-refractivity contribution in [2.75, 3.05) is 0 Å². The number of hydrogen-bond acceptors (Lipinski definition) is 4. The minimum Gasteiger partial charge on any atom is -0.454 e. The molecule has 0 unspecified atom stereocenters. The Hall–Kier alpha value is -8.01. The van der Waals surface area contributed by atoms with E-state index in [0.29, 0.717) is 11.4 Å². The van der Waals surface area contributed by atoms with E-state index in [-0.39, 0.29) is 0 Å². The first-order valence-corrected chi connectivity index (χ1v) is 19.0. The maximum atomic E-state index is 11.0. The van der Waals surface area contributed by atoms with Crippen LogP contribution >= 0.6 is 0 Å². The van der Waals surface area contributed by atoms with Gasteiger partial charge in [-0.25, -0.2) is 9.97 Å². The molecule has 0 aliphatic rings. The molecule has 12 rings (SSSR count). The van der Waals surface area contributed by atoms with Crippen molar-refractivity contribution in [3.05, 3.63) is 181 Å². The smallest absolute Gasteiger partial charge is 0.160 e. The quantitative estimate of drug-likeness (QED) is 0.181. The molecule has 0 atom stereocenters. The second kappa shape index (κ2) is 12.0. The minimum atomic E-state index is 0.519. The second-order valence-electron chi connectivity index (χ2n) is 14.4. The van der Waals surface area contributed by atoms with Crippen molar-refractivity contribution in [2.45, 2.75) is 0 Å². The first kappa shape index (κ1) is 31.4. The van der Waals surface area contributed by atoms with Crippen molar-refractivity contribution in [3.8, 4) is 40.1 Å². The van der Waals surface area contributed by atoms with Crippen LogP contribution in [-0.2, 0) is 0 Å². The predicted molar refractivity (Wildman–Crippen MR) is 231 cm³/mol. The topological polar surface area (TPSA) is 72.6 Å². The van der Waals surface area contributed by atoms with Crippen LogP contribution in [0, 0.1) is 11.3 Å². The fourth-order valence-corrected chi connectivity index (χ4v) is 8.96. The van der Waals surface area contributed by atoms with E-state index in [9.17, 15) is 5.26 Å². The third-order valence-electron chi connectivity index (χ3n) is 11.3. The van der Waals surface area contributed by atoms with Crippen molar-refractivity contribution in [3.63, 3.8) is 0 Å². The monoisotopic (exact) mass is 727 g/mol. The molecule has 4 aromatic heterocycles.